The third-order valence-corrected chi connectivity index (χ3v) is 4.85. The van der Waals surface area contributed by atoms with Gasteiger partial charge in [-0.1, -0.05) is 53.6 Å². The molecule has 0 fully saturated rings. The first-order valence-corrected chi connectivity index (χ1v) is 9.52. The molecule has 0 spiro atoms. The molecule has 0 atom stereocenters. The van der Waals surface area contributed by atoms with Gasteiger partial charge in [0.15, 0.2) is 0 Å². The number of thioether (sulfide) groups is 1. The third kappa shape index (κ3) is 6.80. The second-order valence-electron chi connectivity index (χ2n) is 5.55. The average Bonchev–Trinajstić information content (AvgIpc) is 2.61. The maximum Gasteiger partial charge on any atom is 0.253 e. The molecule has 2 amide bonds. The lowest BCUT2D eigenvalue weighted by Gasteiger charge is -2.08. The number of carbonyl (C=O) groups excluding carboxylic acids is 2. The van der Waals surface area contributed by atoms with Crippen LogP contribution in [0.15, 0.2) is 48.5 Å². The minimum Gasteiger partial charge on any atom is -0.354 e. The monoisotopic (exact) mass is 376 g/mol. The number of hydrogen-bond acceptors (Lipinski definition) is 3. The van der Waals surface area contributed by atoms with E-state index in [9.17, 15) is 9.59 Å². The molecule has 0 aromatic heterocycles. The maximum atomic E-state index is 11.9. The van der Waals surface area contributed by atoms with Crippen molar-refractivity contribution in [3.05, 3.63) is 70.2 Å². The van der Waals surface area contributed by atoms with Crippen LogP contribution in [-0.2, 0) is 10.5 Å². The van der Waals surface area contributed by atoms with Crippen LogP contribution in [0.4, 0.5) is 0 Å². The summed E-state index contributed by atoms with van der Waals surface area (Å²) >= 11 is 7.71. The van der Waals surface area contributed by atoms with E-state index in [1.807, 2.05) is 0 Å². The Morgan fingerprint density at radius 2 is 1.76 bits per heavy atom. The lowest BCUT2D eigenvalue weighted by molar-refractivity contribution is -0.120. The quantitative estimate of drug-likeness (QED) is 0.694. The van der Waals surface area contributed by atoms with Crippen LogP contribution in [-0.4, -0.2) is 30.7 Å². The fourth-order valence-corrected chi connectivity index (χ4v) is 3.14. The van der Waals surface area contributed by atoms with E-state index >= 15 is 0 Å². The highest BCUT2D eigenvalue weighted by Gasteiger charge is 2.10. The van der Waals surface area contributed by atoms with E-state index in [2.05, 4.69) is 41.8 Å². The Hall–Kier alpha value is -1.98. The maximum absolute atomic E-state index is 11.9. The van der Waals surface area contributed by atoms with Crippen molar-refractivity contribution in [2.75, 3.05) is 18.8 Å². The largest absolute Gasteiger partial charge is 0.354 e. The molecule has 2 aromatic rings. The number of carbonyl (C=O) groups is 2. The van der Waals surface area contributed by atoms with E-state index in [0.717, 1.165) is 11.5 Å². The molecule has 132 valence electrons. The van der Waals surface area contributed by atoms with Crippen LogP contribution in [0.25, 0.3) is 0 Å². The number of halogens is 1. The number of benzene rings is 2. The van der Waals surface area contributed by atoms with Gasteiger partial charge in [0, 0.05) is 18.1 Å². The standard InChI is InChI=1S/C19H21ClN2O2S/c1-14-6-8-15(9-7-14)13-25-11-10-21-18(23)12-22-19(24)16-4-2-3-5-17(16)20/h2-9H,10-13H2,1H3,(H,21,23)(H,22,24). The summed E-state index contributed by atoms with van der Waals surface area (Å²) in [4.78, 5) is 23.7. The van der Waals surface area contributed by atoms with E-state index in [4.69, 9.17) is 11.6 Å². The minimum atomic E-state index is -0.352. The molecule has 0 radical (unpaired) electrons. The van der Waals surface area contributed by atoms with Crippen molar-refractivity contribution in [1.82, 2.24) is 10.6 Å². The highest BCUT2D eigenvalue weighted by atomic mass is 35.5. The summed E-state index contributed by atoms with van der Waals surface area (Å²) in [5, 5.41) is 5.73. The smallest absolute Gasteiger partial charge is 0.253 e. The minimum absolute atomic E-state index is 0.0628. The normalized spacial score (nSPS) is 10.3. The molecule has 0 unspecified atom stereocenters. The second kappa shape index (κ2) is 10.1. The number of amides is 2. The van der Waals surface area contributed by atoms with Crippen LogP contribution in [0.3, 0.4) is 0 Å². The molecule has 0 aliphatic rings. The first-order chi connectivity index (χ1) is 12.1. The molecule has 2 rings (SSSR count). The molecule has 0 saturated heterocycles. The fourth-order valence-electron chi connectivity index (χ4n) is 2.10. The zero-order chi connectivity index (χ0) is 18.1. The van der Waals surface area contributed by atoms with Gasteiger partial charge in [0.2, 0.25) is 5.91 Å². The van der Waals surface area contributed by atoms with Crippen molar-refractivity contribution in [2.45, 2.75) is 12.7 Å². The van der Waals surface area contributed by atoms with Gasteiger partial charge in [-0.2, -0.15) is 11.8 Å². The van der Waals surface area contributed by atoms with Crippen molar-refractivity contribution < 1.29 is 9.59 Å². The summed E-state index contributed by atoms with van der Waals surface area (Å²) in [7, 11) is 0. The Morgan fingerprint density at radius 1 is 1.04 bits per heavy atom. The van der Waals surface area contributed by atoms with Crippen LogP contribution < -0.4 is 10.6 Å². The Labute approximate surface area is 157 Å². The first-order valence-electron chi connectivity index (χ1n) is 7.99. The molecule has 25 heavy (non-hydrogen) atoms. The van der Waals surface area contributed by atoms with Crippen molar-refractivity contribution in [3.8, 4) is 0 Å². The van der Waals surface area contributed by atoms with Crippen molar-refractivity contribution in [2.24, 2.45) is 0 Å². The van der Waals surface area contributed by atoms with Crippen molar-refractivity contribution >= 4 is 35.2 Å². The Balaban J connectivity index is 1.60. The summed E-state index contributed by atoms with van der Waals surface area (Å²) in [5.74, 6) is 1.17. The highest BCUT2D eigenvalue weighted by molar-refractivity contribution is 7.98. The molecule has 0 heterocycles. The van der Waals surface area contributed by atoms with Crippen molar-refractivity contribution in [3.63, 3.8) is 0 Å². The Morgan fingerprint density at radius 3 is 2.48 bits per heavy atom. The summed E-state index contributed by atoms with van der Waals surface area (Å²) in [6.45, 7) is 2.57. The van der Waals surface area contributed by atoms with E-state index in [0.29, 0.717) is 17.1 Å². The van der Waals surface area contributed by atoms with Gasteiger partial charge in [-0.05, 0) is 24.6 Å². The Bertz CT molecular complexity index is 720. The predicted molar refractivity (Wildman–Crippen MR) is 104 cm³/mol. The molecule has 0 bridgehead atoms. The van der Waals surface area contributed by atoms with E-state index < -0.39 is 0 Å². The van der Waals surface area contributed by atoms with Gasteiger partial charge < -0.3 is 10.6 Å². The summed E-state index contributed by atoms with van der Waals surface area (Å²) in [5.41, 5.74) is 2.89. The van der Waals surface area contributed by atoms with Crippen LogP contribution in [0.5, 0.6) is 0 Å². The fraction of sp³-hybridized carbons (Fsp3) is 0.263. The van der Waals surface area contributed by atoms with Gasteiger partial charge in [0.25, 0.3) is 5.91 Å². The van der Waals surface area contributed by atoms with Gasteiger partial charge in [-0.15, -0.1) is 0 Å². The summed E-state index contributed by atoms with van der Waals surface area (Å²) in [6, 6.07) is 15.2. The molecular formula is C19H21ClN2O2S. The lowest BCUT2D eigenvalue weighted by Crippen LogP contribution is -2.37. The molecule has 0 aliphatic heterocycles. The van der Waals surface area contributed by atoms with Crippen molar-refractivity contribution in [1.29, 1.82) is 0 Å². The van der Waals surface area contributed by atoms with Crippen LogP contribution >= 0.6 is 23.4 Å². The molecular weight excluding hydrogens is 356 g/mol. The average molecular weight is 377 g/mol. The molecule has 2 aromatic carbocycles. The topological polar surface area (TPSA) is 58.2 Å². The molecule has 0 aliphatic carbocycles. The number of hydrogen-bond donors (Lipinski definition) is 2. The van der Waals surface area contributed by atoms with E-state index in [1.54, 1.807) is 36.0 Å². The second-order valence-corrected chi connectivity index (χ2v) is 7.06. The molecule has 6 heteroatoms. The van der Waals surface area contributed by atoms with E-state index in [-0.39, 0.29) is 18.4 Å². The zero-order valence-electron chi connectivity index (χ0n) is 14.0. The number of rotatable bonds is 8. The zero-order valence-corrected chi connectivity index (χ0v) is 15.6. The predicted octanol–water partition coefficient (Wildman–Crippen LogP) is 3.43. The summed E-state index contributed by atoms with van der Waals surface area (Å²) < 4.78 is 0. The number of aryl methyl sites for hydroxylation is 1. The SMILES string of the molecule is Cc1ccc(CSCCNC(=O)CNC(=O)c2ccccc2Cl)cc1. The molecule has 4 nitrogen and oxygen atoms in total. The Kier molecular flexibility index (Phi) is 7.82. The van der Waals surface area contributed by atoms with Gasteiger partial charge in [-0.25, -0.2) is 0 Å². The highest BCUT2D eigenvalue weighted by Crippen LogP contribution is 2.14. The van der Waals surface area contributed by atoms with Crippen LogP contribution in [0, 0.1) is 6.92 Å². The van der Waals surface area contributed by atoms with Gasteiger partial charge in [0.05, 0.1) is 17.1 Å². The lowest BCUT2D eigenvalue weighted by atomic mass is 10.2. The first kappa shape index (κ1) is 19.3. The molecule has 2 N–H and O–H groups in total. The van der Waals surface area contributed by atoms with E-state index in [1.165, 1.54) is 11.1 Å². The van der Waals surface area contributed by atoms with Crippen LogP contribution in [0.2, 0.25) is 5.02 Å². The van der Waals surface area contributed by atoms with Gasteiger partial charge in [-0.3, -0.25) is 9.59 Å². The summed E-state index contributed by atoms with van der Waals surface area (Å²) in [6.07, 6.45) is 0. The third-order valence-electron chi connectivity index (χ3n) is 3.49. The van der Waals surface area contributed by atoms with Gasteiger partial charge >= 0.3 is 0 Å². The van der Waals surface area contributed by atoms with Crippen LogP contribution in [0.1, 0.15) is 21.5 Å². The number of nitrogens with one attached hydrogen (secondary N) is 2. The molecule has 0 saturated carbocycles. The van der Waals surface area contributed by atoms with Gasteiger partial charge in [0.1, 0.15) is 0 Å².